The molecule has 2 aromatic carbocycles. The summed E-state index contributed by atoms with van der Waals surface area (Å²) in [6.07, 6.45) is 0. The van der Waals surface area contributed by atoms with Crippen LogP contribution in [0, 0.1) is 0 Å². The molecular formula is C19H19ClN2O3. The number of aryl methyl sites for hydroxylation is 1. The van der Waals surface area contributed by atoms with Gasteiger partial charge in [-0.2, -0.15) is 0 Å². The number of methoxy groups -OCH3 is 2. The maximum Gasteiger partial charge on any atom is 0.268 e. The van der Waals surface area contributed by atoms with Crippen LogP contribution in [0.25, 0.3) is 10.9 Å². The molecule has 0 unspecified atom stereocenters. The van der Waals surface area contributed by atoms with Gasteiger partial charge in [0, 0.05) is 41.1 Å². The van der Waals surface area contributed by atoms with E-state index in [-0.39, 0.29) is 5.91 Å². The van der Waals surface area contributed by atoms with Gasteiger partial charge in [0.1, 0.15) is 17.2 Å². The van der Waals surface area contributed by atoms with E-state index < -0.39 is 0 Å². The molecule has 25 heavy (non-hydrogen) atoms. The SMILES string of the molecule is COc1ccc(CNC(=O)c2cc3cc(Cl)ccc3n2C)c(OC)c1. The fraction of sp³-hybridized carbons (Fsp3) is 0.211. The van der Waals surface area contributed by atoms with E-state index in [4.69, 9.17) is 21.1 Å². The highest BCUT2D eigenvalue weighted by Gasteiger charge is 2.14. The topological polar surface area (TPSA) is 52.5 Å². The third kappa shape index (κ3) is 3.42. The molecule has 1 heterocycles. The molecule has 1 aromatic heterocycles. The number of hydrogen-bond acceptors (Lipinski definition) is 3. The molecule has 0 aliphatic rings. The Hall–Kier alpha value is -2.66. The summed E-state index contributed by atoms with van der Waals surface area (Å²) in [5.41, 5.74) is 2.40. The largest absolute Gasteiger partial charge is 0.497 e. The average molecular weight is 359 g/mol. The zero-order chi connectivity index (χ0) is 18.0. The predicted octanol–water partition coefficient (Wildman–Crippen LogP) is 3.78. The molecule has 0 radical (unpaired) electrons. The van der Waals surface area contributed by atoms with Gasteiger partial charge in [-0.05, 0) is 36.4 Å². The third-order valence-corrected chi connectivity index (χ3v) is 4.41. The zero-order valence-corrected chi connectivity index (χ0v) is 15.1. The third-order valence-electron chi connectivity index (χ3n) is 4.17. The van der Waals surface area contributed by atoms with Gasteiger partial charge >= 0.3 is 0 Å². The van der Waals surface area contributed by atoms with E-state index in [9.17, 15) is 4.79 Å². The smallest absolute Gasteiger partial charge is 0.268 e. The number of aromatic nitrogens is 1. The second kappa shape index (κ2) is 7.07. The average Bonchev–Trinajstić information content (AvgIpc) is 2.95. The number of rotatable bonds is 5. The van der Waals surface area contributed by atoms with Crippen molar-refractivity contribution >= 4 is 28.4 Å². The number of nitrogens with one attached hydrogen (secondary N) is 1. The number of halogens is 1. The molecule has 1 amide bonds. The van der Waals surface area contributed by atoms with Crippen molar-refractivity contribution in [1.29, 1.82) is 0 Å². The lowest BCUT2D eigenvalue weighted by molar-refractivity contribution is 0.0943. The summed E-state index contributed by atoms with van der Waals surface area (Å²) in [6.45, 7) is 0.355. The Balaban J connectivity index is 1.80. The van der Waals surface area contributed by atoms with Crippen LogP contribution >= 0.6 is 11.6 Å². The van der Waals surface area contributed by atoms with Crippen molar-refractivity contribution in [3.05, 3.63) is 58.7 Å². The Bertz CT molecular complexity index is 934. The molecule has 130 valence electrons. The monoisotopic (exact) mass is 358 g/mol. The number of hydrogen-bond donors (Lipinski definition) is 1. The maximum atomic E-state index is 12.6. The number of carbonyl (C=O) groups excluding carboxylic acids is 1. The van der Waals surface area contributed by atoms with Crippen molar-refractivity contribution in [2.45, 2.75) is 6.54 Å². The number of nitrogens with zero attached hydrogens (tertiary/aromatic N) is 1. The number of fused-ring (bicyclic) bond motifs is 1. The van der Waals surface area contributed by atoms with E-state index in [2.05, 4.69) is 5.32 Å². The van der Waals surface area contributed by atoms with Crippen molar-refractivity contribution < 1.29 is 14.3 Å². The van der Waals surface area contributed by atoms with Crippen molar-refractivity contribution in [1.82, 2.24) is 9.88 Å². The van der Waals surface area contributed by atoms with Gasteiger partial charge in [0.05, 0.1) is 14.2 Å². The second-order valence-electron chi connectivity index (χ2n) is 5.65. The lowest BCUT2D eigenvalue weighted by Crippen LogP contribution is -2.25. The second-order valence-corrected chi connectivity index (χ2v) is 6.09. The van der Waals surface area contributed by atoms with Crippen LogP contribution in [0.1, 0.15) is 16.1 Å². The maximum absolute atomic E-state index is 12.6. The molecule has 0 saturated carbocycles. The molecule has 1 N–H and O–H groups in total. The van der Waals surface area contributed by atoms with Crippen LogP contribution in [0.15, 0.2) is 42.5 Å². The quantitative estimate of drug-likeness (QED) is 0.755. The Morgan fingerprint density at radius 3 is 2.64 bits per heavy atom. The zero-order valence-electron chi connectivity index (χ0n) is 14.3. The number of ether oxygens (including phenoxy) is 2. The summed E-state index contributed by atoms with van der Waals surface area (Å²) in [7, 11) is 5.05. The minimum atomic E-state index is -0.160. The van der Waals surface area contributed by atoms with E-state index >= 15 is 0 Å². The molecule has 0 bridgehead atoms. The van der Waals surface area contributed by atoms with Gasteiger partial charge in [-0.3, -0.25) is 4.79 Å². The summed E-state index contributed by atoms with van der Waals surface area (Å²) >= 11 is 6.03. The van der Waals surface area contributed by atoms with Crippen molar-refractivity contribution in [2.75, 3.05) is 14.2 Å². The molecule has 6 heteroatoms. The molecule has 0 spiro atoms. The van der Waals surface area contributed by atoms with Crippen LogP contribution in [0.3, 0.4) is 0 Å². The molecule has 0 aliphatic heterocycles. The normalized spacial score (nSPS) is 10.7. The standard InChI is InChI=1S/C19H19ClN2O3/c1-22-16-7-5-14(20)8-13(16)9-17(22)19(23)21-11-12-4-6-15(24-2)10-18(12)25-3/h4-10H,11H2,1-3H3,(H,21,23). The summed E-state index contributed by atoms with van der Waals surface area (Å²) < 4.78 is 12.4. The first-order valence-electron chi connectivity index (χ1n) is 7.77. The number of carbonyl (C=O) groups is 1. The van der Waals surface area contributed by atoms with E-state index in [1.165, 1.54) is 0 Å². The highest BCUT2D eigenvalue weighted by Crippen LogP contribution is 2.25. The first-order valence-corrected chi connectivity index (χ1v) is 8.15. The van der Waals surface area contributed by atoms with Gasteiger partial charge < -0.3 is 19.4 Å². The summed E-state index contributed by atoms with van der Waals surface area (Å²) in [6, 6.07) is 12.9. The molecule has 5 nitrogen and oxygen atoms in total. The summed E-state index contributed by atoms with van der Waals surface area (Å²) in [5.74, 6) is 1.22. The lowest BCUT2D eigenvalue weighted by atomic mass is 10.2. The Morgan fingerprint density at radius 2 is 1.92 bits per heavy atom. The van der Waals surface area contributed by atoms with Crippen LogP contribution < -0.4 is 14.8 Å². The van der Waals surface area contributed by atoms with Gasteiger partial charge in [0.15, 0.2) is 0 Å². The highest BCUT2D eigenvalue weighted by molar-refractivity contribution is 6.31. The van der Waals surface area contributed by atoms with Gasteiger partial charge in [0.2, 0.25) is 0 Å². The molecule has 0 saturated heterocycles. The van der Waals surface area contributed by atoms with E-state index in [0.717, 1.165) is 16.5 Å². The van der Waals surface area contributed by atoms with Crippen molar-refractivity contribution in [2.24, 2.45) is 7.05 Å². The van der Waals surface area contributed by atoms with E-state index in [1.54, 1.807) is 20.3 Å². The fourth-order valence-corrected chi connectivity index (χ4v) is 2.98. The van der Waals surface area contributed by atoms with Gasteiger partial charge in [-0.1, -0.05) is 11.6 Å². The first kappa shape index (κ1) is 17.2. The summed E-state index contributed by atoms with van der Waals surface area (Å²) in [5, 5.41) is 4.51. The van der Waals surface area contributed by atoms with Crippen molar-refractivity contribution in [3.63, 3.8) is 0 Å². The van der Waals surface area contributed by atoms with E-state index in [0.29, 0.717) is 28.8 Å². The Kier molecular flexibility index (Phi) is 4.86. The van der Waals surface area contributed by atoms with Crippen LogP contribution in [-0.2, 0) is 13.6 Å². The summed E-state index contributed by atoms with van der Waals surface area (Å²) in [4.78, 5) is 12.6. The molecule has 0 fully saturated rings. The van der Waals surface area contributed by atoms with Crippen LogP contribution in [-0.4, -0.2) is 24.7 Å². The number of benzene rings is 2. The Morgan fingerprint density at radius 1 is 1.12 bits per heavy atom. The van der Waals surface area contributed by atoms with Gasteiger partial charge in [-0.15, -0.1) is 0 Å². The molecule has 3 aromatic rings. The van der Waals surface area contributed by atoms with Gasteiger partial charge in [0.25, 0.3) is 5.91 Å². The van der Waals surface area contributed by atoms with Crippen LogP contribution in [0.4, 0.5) is 0 Å². The van der Waals surface area contributed by atoms with Crippen LogP contribution in [0.5, 0.6) is 11.5 Å². The molecule has 3 rings (SSSR count). The minimum absolute atomic E-state index is 0.160. The molecule has 0 aliphatic carbocycles. The van der Waals surface area contributed by atoms with E-state index in [1.807, 2.05) is 48.0 Å². The van der Waals surface area contributed by atoms with Gasteiger partial charge in [-0.25, -0.2) is 0 Å². The molecular weight excluding hydrogens is 340 g/mol. The lowest BCUT2D eigenvalue weighted by Gasteiger charge is -2.11. The van der Waals surface area contributed by atoms with Crippen LogP contribution in [0.2, 0.25) is 5.02 Å². The predicted molar refractivity (Wildman–Crippen MR) is 98.6 cm³/mol. The fourth-order valence-electron chi connectivity index (χ4n) is 2.80. The minimum Gasteiger partial charge on any atom is -0.497 e. The van der Waals surface area contributed by atoms with Crippen molar-refractivity contribution in [3.8, 4) is 11.5 Å². The highest BCUT2D eigenvalue weighted by atomic mass is 35.5. The number of amides is 1. The Labute approximate surface area is 151 Å². The first-order chi connectivity index (χ1) is 12.0. The molecule has 0 atom stereocenters.